The standard InChI is InChI=1S/C16H26N2/c1-12-8-9-18(14(3)10-12)16(11-17)15-7-5-4-6-13(15)2/h4-7,12,14,16H,8-11,17H2,1-3H3. The first-order valence-corrected chi connectivity index (χ1v) is 7.14. The zero-order chi connectivity index (χ0) is 13.1. The smallest absolute Gasteiger partial charge is 0.0475 e. The molecule has 1 aromatic rings. The topological polar surface area (TPSA) is 29.3 Å². The monoisotopic (exact) mass is 246 g/mol. The van der Waals surface area contributed by atoms with Gasteiger partial charge in [0, 0.05) is 18.6 Å². The minimum atomic E-state index is 0.383. The lowest BCUT2D eigenvalue weighted by Gasteiger charge is -2.42. The Morgan fingerprint density at radius 3 is 2.67 bits per heavy atom. The highest BCUT2D eigenvalue weighted by Gasteiger charge is 2.29. The van der Waals surface area contributed by atoms with Gasteiger partial charge in [0.05, 0.1) is 0 Å². The van der Waals surface area contributed by atoms with E-state index in [9.17, 15) is 0 Å². The van der Waals surface area contributed by atoms with E-state index < -0.39 is 0 Å². The lowest BCUT2D eigenvalue weighted by molar-refractivity contribution is 0.0844. The Morgan fingerprint density at radius 1 is 1.33 bits per heavy atom. The Kier molecular flexibility index (Phi) is 4.41. The van der Waals surface area contributed by atoms with Gasteiger partial charge >= 0.3 is 0 Å². The first kappa shape index (κ1) is 13.6. The zero-order valence-corrected chi connectivity index (χ0v) is 11.9. The third-order valence-corrected chi connectivity index (χ3v) is 4.36. The maximum Gasteiger partial charge on any atom is 0.0475 e. The molecule has 0 spiro atoms. The Balaban J connectivity index is 2.21. The third-order valence-electron chi connectivity index (χ3n) is 4.36. The SMILES string of the molecule is Cc1ccccc1C(CN)N1CCC(C)CC1C. The minimum Gasteiger partial charge on any atom is -0.329 e. The van der Waals surface area contributed by atoms with Crippen LogP contribution in [-0.2, 0) is 0 Å². The second kappa shape index (κ2) is 5.85. The summed E-state index contributed by atoms with van der Waals surface area (Å²) >= 11 is 0. The summed E-state index contributed by atoms with van der Waals surface area (Å²) in [6.07, 6.45) is 2.59. The van der Waals surface area contributed by atoms with Gasteiger partial charge in [-0.3, -0.25) is 4.90 Å². The van der Waals surface area contributed by atoms with E-state index in [1.165, 1.54) is 30.5 Å². The summed E-state index contributed by atoms with van der Waals surface area (Å²) in [6, 6.07) is 9.68. The van der Waals surface area contributed by atoms with E-state index >= 15 is 0 Å². The van der Waals surface area contributed by atoms with E-state index in [1.807, 2.05) is 0 Å². The second-order valence-corrected chi connectivity index (χ2v) is 5.82. The van der Waals surface area contributed by atoms with Crippen LogP contribution in [0.2, 0.25) is 0 Å². The Labute approximate surface area is 111 Å². The molecule has 0 saturated carbocycles. The van der Waals surface area contributed by atoms with Crippen LogP contribution in [0.25, 0.3) is 0 Å². The third kappa shape index (κ3) is 2.76. The molecule has 0 bridgehead atoms. The number of piperidine rings is 1. The van der Waals surface area contributed by atoms with Gasteiger partial charge in [-0.1, -0.05) is 31.2 Å². The van der Waals surface area contributed by atoms with Crippen LogP contribution in [0.1, 0.15) is 43.9 Å². The van der Waals surface area contributed by atoms with Crippen molar-refractivity contribution < 1.29 is 0 Å². The van der Waals surface area contributed by atoms with Crippen LogP contribution in [0.15, 0.2) is 24.3 Å². The van der Waals surface area contributed by atoms with Crippen molar-refractivity contribution >= 4 is 0 Å². The number of aryl methyl sites for hydroxylation is 1. The number of nitrogens with two attached hydrogens (primary N) is 1. The molecule has 1 fully saturated rings. The van der Waals surface area contributed by atoms with Gasteiger partial charge in [-0.25, -0.2) is 0 Å². The summed E-state index contributed by atoms with van der Waals surface area (Å²) in [6.45, 7) is 8.78. The number of hydrogen-bond donors (Lipinski definition) is 1. The summed E-state index contributed by atoms with van der Waals surface area (Å²) in [5, 5.41) is 0. The van der Waals surface area contributed by atoms with Gasteiger partial charge in [0.2, 0.25) is 0 Å². The Bertz CT molecular complexity index is 388. The maximum absolute atomic E-state index is 6.06. The van der Waals surface area contributed by atoms with Crippen LogP contribution in [0.4, 0.5) is 0 Å². The van der Waals surface area contributed by atoms with Gasteiger partial charge in [0.15, 0.2) is 0 Å². The molecular formula is C16H26N2. The Morgan fingerprint density at radius 2 is 2.06 bits per heavy atom. The Hall–Kier alpha value is -0.860. The summed E-state index contributed by atoms with van der Waals surface area (Å²) in [5.41, 5.74) is 8.82. The van der Waals surface area contributed by atoms with Crippen molar-refractivity contribution in [1.82, 2.24) is 4.90 Å². The van der Waals surface area contributed by atoms with Crippen LogP contribution >= 0.6 is 0 Å². The molecule has 2 heteroatoms. The first-order chi connectivity index (χ1) is 8.63. The molecule has 1 aliphatic heterocycles. The normalized spacial score (nSPS) is 27.1. The van der Waals surface area contributed by atoms with Crippen molar-refractivity contribution in [2.45, 2.75) is 45.7 Å². The molecule has 2 rings (SSSR count). The first-order valence-electron chi connectivity index (χ1n) is 7.14. The van der Waals surface area contributed by atoms with Crippen molar-refractivity contribution in [1.29, 1.82) is 0 Å². The largest absolute Gasteiger partial charge is 0.329 e. The van der Waals surface area contributed by atoms with Gasteiger partial charge in [-0.2, -0.15) is 0 Å². The van der Waals surface area contributed by atoms with Crippen molar-refractivity contribution in [2.75, 3.05) is 13.1 Å². The van der Waals surface area contributed by atoms with Gasteiger partial charge in [0.1, 0.15) is 0 Å². The van der Waals surface area contributed by atoms with E-state index in [0.29, 0.717) is 18.6 Å². The lowest BCUT2D eigenvalue weighted by atomic mass is 9.90. The molecule has 1 saturated heterocycles. The van der Waals surface area contributed by atoms with Crippen molar-refractivity contribution in [3.8, 4) is 0 Å². The molecule has 0 aromatic heterocycles. The van der Waals surface area contributed by atoms with Gasteiger partial charge in [-0.05, 0) is 50.3 Å². The molecule has 1 aliphatic rings. The van der Waals surface area contributed by atoms with Gasteiger partial charge in [-0.15, -0.1) is 0 Å². The predicted octanol–water partition coefficient (Wildman–Crippen LogP) is 3.12. The minimum absolute atomic E-state index is 0.383. The van der Waals surface area contributed by atoms with E-state index in [4.69, 9.17) is 5.73 Å². The summed E-state index contributed by atoms with van der Waals surface area (Å²) in [5.74, 6) is 0.853. The van der Waals surface area contributed by atoms with Crippen molar-refractivity contribution in [3.05, 3.63) is 35.4 Å². The van der Waals surface area contributed by atoms with Crippen LogP contribution in [0.3, 0.4) is 0 Å². The molecule has 100 valence electrons. The molecule has 3 atom stereocenters. The molecule has 1 aromatic carbocycles. The van der Waals surface area contributed by atoms with Gasteiger partial charge in [0.25, 0.3) is 0 Å². The predicted molar refractivity (Wildman–Crippen MR) is 77.5 cm³/mol. The molecule has 0 aliphatic carbocycles. The summed E-state index contributed by atoms with van der Waals surface area (Å²) in [4.78, 5) is 2.60. The average Bonchev–Trinajstić information content (AvgIpc) is 2.34. The van der Waals surface area contributed by atoms with E-state index in [1.54, 1.807) is 0 Å². The summed E-state index contributed by atoms with van der Waals surface area (Å²) < 4.78 is 0. The molecule has 0 amide bonds. The molecule has 1 heterocycles. The van der Waals surface area contributed by atoms with E-state index in [-0.39, 0.29) is 0 Å². The van der Waals surface area contributed by atoms with Crippen LogP contribution < -0.4 is 5.73 Å². The zero-order valence-electron chi connectivity index (χ0n) is 11.9. The highest BCUT2D eigenvalue weighted by molar-refractivity contribution is 5.29. The molecular weight excluding hydrogens is 220 g/mol. The second-order valence-electron chi connectivity index (χ2n) is 5.82. The molecule has 2 N–H and O–H groups in total. The highest BCUT2D eigenvalue weighted by atomic mass is 15.2. The van der Waals surface area contributed by atoms with Crippen LogP contribution in [0, 0.1) is 12.8 Å². The fourth-order valence-electron chi connectivity index (χ4n) is 3.29. The fraction of sp³-hybridized carbons (Fsp3) is 0.625. The molecule has 3 unspecified atom stereocenters. The van der Waals surface area contributed by atoms with E-state index in [0.717, 1.165) is 5.92 Å². The quantitative estimate of drug-likeness (QED) is 0.888. The highest BCUT2D eigenvalue weighted by Crippen LogP contribution is 2.31. The molecule has 2 nitrogen and oxygen atoms in total. The summed E-state index contributed by atoms with van der Waals surface area (Å²) in [7, 11) is 0. The maximum atomic E-state index is 6.06. The number of rotatable bonds is 3. The van der Waals surface area contributed by atoms with E-state index in [2.05, 4.69) is 49.9 Å². The number of likely N-dealkylation sites (tertiary alicyclic amines) is 1. The molecule has 18 heavy (non-hydrogen) atoms. The number of nitrogens with zero attached hydrogens (tertiary/aromatic N) is 1. The molecule has 0 radical (unpaired) electrons. The number of hydrogen-bond acceptors (Lipinski definition) is 2. The van der Waals surface area contributed by atoms with Gasteiger partial charge < -0.3 is 5.73 Å². The van der Waals surface area contributed by atoms with Crippen molar-refractivity contribution in [3.63, 3.8) is 0 Å². The van der Waals surface area contributed by atoms with Crippen molar-refractivity contribution in [2.24, 2.45) is 11.7 Å². The number of benzene rings is 1. The average molecular weight is 246 g/mol. The van der Waals surface area contributed by atoms with Crippen LogP contribution in [0.5, 0.6) is 0 Å². The lowest BCUT2D eigenvalue weighted by Crippen LogP contribution is -2.45. The van der Waals surface area contributed by atoms with Crippen LogP contribution in [-0.4, -0.2) is 24.0 Å². The fourth-order valence-corrected chi connectivity index (χ4v) is 3.29.